The Hall–Kier alpha value is 0.0969. The standard InChI is InChI=1S/C12H27O3Si/c1-6-11-12(7-2)16(13-8-3,14-9-4)15-10-5/h11-12H,6-10H2,1-5H3. The Morgan fingerprint density at radius 3 is 1.56 bits per heavy atom. The fourth-order valence-corrected chi connectivity index (χ4v) is 5.02. The first kappa shape index (κ1) is 16.1. The normalized spacial score (nSPS) is 14.1. The molecule has 1 unspecified atom stereocenters. The minimum atomic E-state index is -2.50. The first-order valence-corrected chi connectivity index (χ1v) is 8.25. The van der Waals surface area contributed by atoms with E-state index in [1.165, 1.54) is 0 Å². The number of hydrogen-bond donors (Lipinski definition) is 0. The van der Waals surface area contributed by atoms with Crippen LogP contribution in [0.2, 0.25) is 5.54 Å². The molecule has 3 nitrogen and oxygen atoms in total. The summed E-state index contributed by atoms with van der Waals surface area (Å²) < 4.78 is 17.6. The van der Waals surface area contributed by atoms with E-state index in [1.807, 2.05) is 20.8 Å². The smallest absolute Gasteiger partial charge is 0.374 e. The van der Waals surface area contributed by atoms with E-state index < -0.39 is 8.80 Å². The van der Waals surface area contributed by atoms with Crippen LogP contribution >= 0.6 is 0 Å². The highest BCUT2D eigenvalue weighted by Crippen LogP contribution is 2.32. The van der Waals surface area contributed by atoms with E-state index in [0.29, 0.717) is 25.4 Å². The van der Waals surface area contributed by atoms with Gasteiger partial charge >= 0.3 is 8.80 Å². The Morgan fingerprint density at radius 1 is 0.875 bits per heavy atom. The van der Waals surface area contributed by atoms with Gasteiger partial charge in [-0.05, 0) is 33.6 Å². The molecule has 0 aromatic heterocycles. The molecule has 0 aliphatic heterocycles. The quantitative estimate of drug-likeness (QED) is 0.554. The van der Waals surface area contributed by atoms with Crippen molar-refractivity contribution in [2.45, 2.75) is 53.0 Å². The van der Waals surface area contributed by atoms with Gasteiger partial charge in [-0.15, -0.1) is 0 Å². The molecule has 0 bridgehead atoms. The zero-order valence-corrected chi connectivity index (χ0v) is 12.4. The van der Waals surface area contributed by atoms with E-state index in [4.69, 9.17) is 13.3 Å². The molecule has 0 fully saturated rings. The molecule has 0 heterocycles. The third-order valence-corrected chi connectivity index (χ3v) is 6.08. The molecule has 0 aliphatic rings. The van der Waals surface area contributed by atoms with Crippen LogP contribution in [0.3, 0.4) is 0 Å². The highest BCUT2D eigenvalue weighted by Gasteiger charge is 2.47. The van der Waals surface area contributed by atoms with Crippen LogP contribution in [0, 0.1) is 6.42 Å². The first-order chi connectivity index (χ1) is 7.70. The summed E-state index contributed by atoms with van der Waals surface area (Å²) in [5.41, 5.74) is 0.317. The maximum absolute atomic E-state index is 5.88. The molecule has 0 aliphatic carbocycles. The predicted molar refractivity (Wildman–Crippen MR) is 69.3 cm³/mol. The largest absolute Gasteiger partial charge is 0.504 e. The van der Waals surface area contributed by atoms with Crippen molar-refractivity contribution in [3.63, 3.8) is 0 Å². The fourth-order valence-electron chi connectivity index (χ4n) is 1.90. The SMILES string of the molecule is CC[CH]C(CC)[Si](OCC)(OCC)OCC. The van der Waals surface area contributed by atoms with Crippen molar-refractivity contribution in [3.8, 4) is 0 Å². The van der Waals surface area contributed by atoms with Gasteiger partial charge in [-0.3, -0.25) is 0 Å². The van der Waals surface area contributed by atoms with Gasteiger partial charge in [-0.1, -0.05) is 20.3 Å². The predicted octanol–water partition coefficient (Wildman–Crippen LogP) is 3.43. The second-order valence-corrected chi connectivity index (χ2v) is 6.38. The van der Waals surface area contributed by atoms with E-state index in [0.717, 1.165) is 12.8 Å². The molecule has 16 heavy (non-hydrogen) atoms. The molecule has 0 amide bonds. The molecule has 0 saturated heterocycles. The summed E-state index contributed by atoms with van der Waals surface area (Å²) in [6.45, 7) is 12.3. The number of rotatable bonds is 10. The van der Waals surface area contributed by atoms with Gasteiger partial charge in [-0.25, -0.2) is 0 Å². The van der Waals surface area contributed by atoms with Gasteiger partial charge in [0, 0.05) is 25.4 Å². The Balaban J connectivity index is 4.78. The Kier molecular flexibility index (Phi) is 9.22. The van der Waals surface area contributed by atoms with Gasteiger partial charge < -0.3 is 13.3 Å². The summed E-state index contributed by atoms with van der Waals surface area (Å²) in [6.07, 6.45) is 4.31. The fraction of sp³-hybridized carbons (Fsp3) is 0.917. The maximum Gasteiger partial charge on any atom is 0.504 e. The minimum absolute atomic E-state index is 0.317. The zero-order valence-electron chi connectivity index (χ0n) is 11.4. The van der Waals surface area contributed by atoms with Gasteiger partial charge in [0.1, 0.15) is 0 Å². The van der Waals surface area contributed by atoms with Crippen molar-refractivity contribution in [2.75, 3.05) is 19.8 Å². The summed E-state index contributed by atoms with van der Waals surface area (Å²) in [7, 11) is -2.50. The summed E-state index contributed by atoms with van der Waals surface area (Å²) in [4.78, 5) is 0. The van der Waals surface area contributed by atoms with Crippen LogP contribution in [0.4, 0.5) is 0 Å². The van der Waals surface area contributed by atoms with Gasteiger partial charge in [0.15, 0.2) is 0 Å². The molecule has 4 heteroatoms. The molecule has 0 spiro atoms. The van der Waals surface area contributed by atoms with E-state index in [2.05, 4.69) is 20.3 Å². The lowest BCUT2D eigenvalue weighted by Crippen LogP contribution is -2.50. The van der Waals surface area contributed by atoms with Crippen molar-refractivity contribution in [3.05, 3.63) is 6.42 Å². The monoisotopic (exact) mass is 247 g/mol. The summed E-state index contributed by atoms with van der Waals surface area (Å²) in [5, 5.41) is 0. The number of hydrogen-bond acceptors (Lipinski definition) is 3. The molecule has 0 aromatic carbocycles. The molecule has 0 rings (SSSR count). The molecule has 0 N–H and O–H groups in total. The van der Waals surface area contributed by atoms with E-state index in [-0.39, 0.29) is 0 Å². The molecular weight excluding hydrogens is 220 g/mol. The Labute approximate surface area is 102 Å². The van der Waals surface area contributed by atoms with Crippen LogP contribution < -0.4 is 0 Å². The van der Waals surface area contributed by atoms with Crippen LogP contribution in [0.5, 0.6) is 0 Å². The highest BCUT2D eigenvalue weighted by atomic mass is 28.4. The Bertz CT molecular complexity index is 147. The average Bonchev–Trinajstić information content (AvgIpc) is 2.26. The minimum Gasteiger partial charge on any atom is -0.374 e. The third-order valence-electron chi connectivity index (χ3n) is 2.45. The lowest BCUT2D eigenvalue weighted by molar-refractivity contribution is 0.0631. The first-order valence-electron chi connectivity index (χ1n) is 6.45. The van der Waals surface area contributed by atoms with Gasteiger partial charge in [0.2, 0.25) is 0 Å². The zero-order chi connectivity index (χ0) is 12.4. The van der Waals surface area contributed by atoms with Crippen LogP contribution in [-0.4, -0.2) is 28.6 Å². The lowest BCUT2D eigenvalue weighted by atomic mass is 10.2. The Morgan fingerprint density at radius 2 is 1.31 bits per heavy atom. The second-order valence-electron chi connectivity index (χ2n) is 3.56. The van der Waals surface area contributed by atoms with Crippen LogP contribution in [0.15, 0.2) is 0 Å². The molecule has 1 atom stereocenters. The third kappa shape index (κ3) is 4.53. The van der Waals surface area contributed by atoms with Crippen molar-refractivity contribution < 1.29 is 13.3 Å². The van der Waals surface area contributed by atoms with Crippen molar-refractivity contribution in [1.82, 2.24) is 0 Å². The summed E-state index contributed by atoms with van der Waals surface area (Å²) in [5.74, 6) is 0. The molecule has 0 aromatic rings. The van der Waals surface area contributed by atoms with Gasteiger partial charge in [-0.2, -0.15) is 0 Å². The second kappa shape index (κ2) is 9.16. The summed E-state index contributed by atoms with van der Waals surface area (Å²) in [6, 6.07) is 0. The highest BCUT2D eigenvalue weighted by molar-refractivity contribution is 6.62. The summed E-state index contributed by atoms with van der Waals surface area (Å²) >= 11 is 0. The van der Waals surface area contributed by atoms with Gasteiger partial charge in [0.25, 0.3) is 0 Å². The van der Waals surface area contributed by atoms with Crippen molar-refractivity contribution in [1.29, 1.82) is 0 Å². The molecular formula is C12H27O3Si. The molecule has 97 valence electrons. The lowest BCUT2D eigenvalue weighted by Gasteiger charge is -2.34. The van der Waals surface area contributed by atoms with Crippen LogP contribution in [0.25, 0.3) is 0 Å². The van der Waals surface area contributed by atoms with Crippen LogP contribution in [-0.2, 0) is 13.3 Å². The van der Waals surface area contributed by atoms with Crippen LogP contribution in [0.1, 0.15) is 47.5 Å². The molecule has 1 radical (unpaired) electrons. The van der Waals surface area contributed by atoms with Crippen molar-refractivity contribution in [2.24, 2.45) is 0 Å². The van der Waals surface area contributed by atoms with E-state index >= 15 is 0 Å². The average molecular weight is 247 g/mol. The van der Waals surface area contributed by atoms with E-state index in [1.54, 1.807) is 0 Å². The van der Waals surface area contributed by atoms with E-state index in [9.17, 15) is 0 Å². The van der Waals surface area contributed by atoms with Gasteiger partial charge in [0.05, 0.1) is 0 Å². The topological polar surface area (TPSA) is 27.7 Å². The maximum atomic E-state index is 5.88. The molecule has 0 saturated carbocycles. The van der Waals surface area contributed by atoms with Crippen molar-refractivity contribution >= 4 is 8.80 Å².